The van der Waals surface area contributed by atoms with Crippen LogP contribution in [0.25, 0.3) is 0 Å². The van der Waals surface area contributed by atoms with Crippen LogP contribution in [0.5, 0.6) is 5.75 Å². The maximum atomic E-state index is 14.7. The molecule has 3 aliphatic rings. The van der Waals surface area contributed by atoms with E-state index < -0.39 is 35.9 Å². The van der Waals surface area contributed by atoms with Gasteiger partial charge in [0.05, 0.1) is 18.6 Å². The number of amides is 2. The number of halogens is 1. The molecule has 0 spiro atoms. The second-order valence-electron chi connectivity index (χ2n) is 9.72. The molecule has 1 fully saturated rings. The summed E-state index contributed by atoms with van der Waals surface area (Å²) in [6.07, 6.45) is 3.11. The van der Waals surface area contributed by atoms with Gasteiger partial charge in [0, 0.05) is 35.7 Å². The lowest BCUT2D eigenvalue weighted by molar-refractivity contribution is -0.142. The number of ether oxygens (including phenoxy) is 1. The van der Waals surface area contributed by atoms with Crippen LogP contribution >= 0.6 is 0 Å². The smallest absolute Gasteiger partial charge is 0.247 e. The standard InChI is InChI=1S/C28H31FN2O5/c29-21-11-5-3-9-18(21)16-31(28(35)17-7-1-2-8-17)22-15-20(27(34)30-13-14-32)24-19-10-4-6-12-23(19)36-26(24)25(22)33/h3-6,9-12,15,17,22,24-26,32-33H,1-2,7-8,13-14,16H2,(H,30,34). The third-order valence-corrected chi connectivity index (χ3v) is 7.52. The van der Waals surface area contributed by atoms with Crippen LogP contribution in [0, 0.1) is 11.7 Å². The number of benzene rings is 2. The molecule has 0 bridgehead atoms. The van der Waals surface area contributed by atoms with Crippen LogP contribution in [0.15, 0.2) is 60.2 Å². The minimum atomic E-state index is -1.13. The number of nitrogens with one attached hydrogen (secondary N) is 1. The number of carbonyl (C=O) groups excluding carboxylic acids is 2. The van der Waals surface area contributed by atoms with Crippen LogP contribution < -0.4 is 10.1 Å². The normalized spacial score (nSPS) is 24.9. The molecule has 2 amide bonds. The summed E-state index contributed by atoms with van der Waals surface area (Å²) in [5.74, 6) is -1.13. The predicted octanol–water partition coefficient (Wildman–Crippen LogP) is 2.67. The number of hydrogen-bond acceptors (Lipinski definition) is 5. The van der Waals surface area contributed by atoms with Crippen molar-refractivity contribution in [3.63, 3.8) is 0 Å². The maximum absolute atomic E-state index is 14.7. The number of fused-ring (bicyclic) bond motifs is 3. The molecule has 4 atom stereocenters. The summed E-state index contributed by atoms with van der Waals surface area (Å²) in [6, 6.07) is 12.7. The van der Waals surface area contributed by atoms with Crippen LogP contribution in [-0.4, -0.2) is 58.3 Å². The second-order valence-corrected chi connectivity index (χ2v) is 9.72. The Kier molecular flexibility index (Phi) is 7.07. The molecule has 0 aromatic heterocycles. The first-order valence-electron chi connectivity index (χ1n) is 12.6. The van der Waals surface area contributed by atoms with Crippen molar-refractivity contribution in [2.24, 2.45) is 5.92 Å². The third kappa shape index (κ3) is 4.51. The molecular formula is C28H31FN2O5. The molecule has 1 heterocycles. The highest BCUT2D eigenvalue weighted by molar-refractivity contribution is 5.96. The Bertz CT molecular complexity index is 1160. The first-order chi connectivity index (χ1) is 17.5. The van der Waals surface area contributed by atoms with E-state index in [9.17, 15) is 24.2 Å². The number of aliphatic hydroxyl groups excluding tert-OH is 2. The van der Waals surface area contributed by atoms with Crippen molar-refractivity contribution in [2.75, 3.05) is 13.2 Å². The van der Waals surface area contributed by atoms with Gasteiger partial charge in [-0.2, -0.15) is 0 Å². The molecule has 190 valence electrons. The van der Waals surface area contributed by atoms with Gasteiger partial charge in [0.2, 0.25) is 11.8 Å². The highest BCUT2D eigenvalue weighted by Crippen LogP contribution is 2.47. The van der Waals surface area contributed by atoms with Crippen molar-refractivity contribution < 1.29 is 28.9 Å². The Hall–Kier alpha value is -3.23. The molecule has 1 saturated carbocycles. The van der Waals surface area contributed by atoms with E-state index >= 15 is 0 Å². The largest absolute Gasteiger partial charge is 0.486 e. The van der Waals surface area contributed by atoms with E-state index in [4.69, 9.17) is 4.74 Å². The zero-order chi connectivity index (χ0) is 25.2. The van der Waals surface area contributed by atoms with Crippen molar-refractivity contribution in [3.05, 3.63) is 77.1 Å². The maximum Gasteiger partial charge on any atom is 0.247 e. The Labute approximate surface area is 209 Å². The summed E-state index contributed by atoms with van der Waals surface area (Å²) in [5, 5.41) is 23.5. The van der Waals surface area contributed by atoms with Gasteiger partial charge in [-0.3, -0.25) is 9.59 Å². The van der Waals surface area contributed by atoms with Gasteiger partial charge in [-0.05, 0) is 31.1 Å². The molecule has 4 unspecified atom stereocenters. The predicted molar refractivity (Wildman–Crippen MR) is 130 cm³/mol. The van der Waals surface area contributed by atoms with E-state index in [1.807, 2.05) is 18.2 Å². The molecule has 5 rings (SSSR count). The summed E-state index contributed by atoms with van der Waals surface area (Å²) in [4.78, 5) is 28.5. The average Bonchev–Trinajstić information content (AvgIpc) is 3.56. The van der Waals surface area contributed by atoms with Crippen LogP contribution in [0.4, 0.5) is 4.39 Å². The minimum absolute atomic E-state index is 0.0316. The fourth-order valence-corrected chi connectivity index (χ4v) is 5.74. The number of hydrogen-bond donors (Lipinski definition) is 3. The van der Waals surface area contributed by atoms with Crippen LogP contribution in [0.3, 0.4) is 0 Å². The summed E-state index contributed by atoms with van der Waals surface area (Å²) < 4.78 is 20.8. The summed E-state index contributed by atoms with van der Waals surface area (Å²) in [7, 11) is 0. The topological polar surface area (TPSA) is 99.1 Å². The lowest BCUT2D eigenvalue weighted by atomic mass is 9.77. The lowest BCUT2D eigenvalue weighted by Crippen LogP contribution is -2.56. The number of nitrogens with zero attached hydrogens (tertiary/aromatic N) is 1. The van der Waals surface area contributed by atoms with E-state index in [0.29, 0.717) is 16.9 Å². The molecule has 2 aromatic rings. The van der Waals surface area contributed by atoms with E-state index in [-0.39, 0.29) is 31.5 Å². The quantitative estimate of drug-likeness (QED) is 0.550. The molecule has 7 nitrogen and oxygen atoms in total. The Morgan fingerprint density at radius 1 is 1.08 bits per heavy atom. The third-order valence-electron chi connectivity index (χ3n) is 7.52. The molecule has 0 saturated heterocycles. The van der Waals surface area contributed by atoms with Gasteiger partial charge in [0.25, 0.3) is 0 Å². The van der Waals surface area contributed by atoms with Crippen molar-refractivity contribution in [1.82, 2.24) is 10.2 Å². The number of rotatable bonds is 7. The molecule has 8 heteroatoms. The number of aliphatic hydroxyl groups is 2. The van der Waals surface area contributed by atoms with Crippen molar-refractivity contribution in [2.45, 2.75) is 56.4 Å². The van der Waals surface area contributed by atoms with E-state index in [0.717, 1.165) is 31.2 Å². The van der Waals surface area contributed by atoms with E-state index in [1.165, 1.54) is 11.0 Å². The Morgan fingerprint density at radius 3 is 2.56 bits per heavy atom. The molecule has 0 radical (unpaired) electrons. The fourth-order valence-electron chi connectivity index (χ4n) is 5.74. The first kappa shape index (κ1) is 24.5. The van der Waals surface area contributed by atoms with Crippen LogP contribution in [-0.2, 0) is 16.1 Å². The van der Waals surface area contributed by atoms with Crippen molar-refractivity contribution in [3.8, 4) is 5.75 Å². The minimum Gasteiger partial charge on any atom is -0.486 e. The average molecular weight is 495 g/mol. The highest BCUT2D eigenvalue weighted by atomic mass is 19.1. The second kappa shape index (κ2) is 10.4. The zero-order valence-corrected chi connectivity index (χ0v) is 20.0. The lowest BCUT2D eigenvalue weighted by Gasteiger charge is -2.41. The molecule has 36 heavy (non-hydrogen) atoms. The van der Waals surface area contributed by atoms with Gasteiger partial charge in [-0.15, -0.1) is 0 Å². The van der Waals surface area contributed by atoms with Crippen LogP contribution in [0.1, 0.15) is 42.7 Å². The van der Waals surface area contributed by atoms with Gasteiger partial charge in [-0.25, -0.2) is 4.39 Å². The highest BCUT2D eigenvalue weighted by Gasteiger charge is 2.51. The van der Waals surface area contributed by atoms with Gasteiger partial charge in [-0.1, -0.05) is 49.2 Å². The first-order valence-corrected chi connectivity index (χ1v) is 12.6. The molecule has 2 aromatic carbocycles. The molecule has 2 aliphatic carbocycles. The molecular weight excluding hydrogens is 463 g/mol. The van der Waals surface area contributed by atoms with Gasteiger partial charge < -0.3 is 25.2 Å². The van der Waals surface area contributed by atoms with Crippen molar-refractivity contribution in [1.29, 1.82) is 0 Å². The zero-order valence-electron chi connectivity index (χ0n) is 20.0. The van der Waals surface area contributed by atoms with Crippen LogP contribution in [0.2, 0.25) is 0 Å². The molecule has 3 N–H and O–H groups in total. The Balaban J connectivity index is 1.56. The number of para-hydroxylation sites is 1. The van der Waals surface area contributed by atoms with E-state index in [1.54, 1.807) is 30.3 Å². The monoisotopic (exact) mass is 494 g/mol. The molecule has 1 aliphatic heterocycles. The summed E-state index contributed by atoms with van der Waals surface area (Å²) >= 11 is 0. The fraction of sp³-hybridized carbons (Fsp3) is 0.429. The Morgan fingerprint density at radius 2 is 1.81 bits per heavy atom. The SMILES string of the molecule is O=C(NCCO)C1=CC(N(Cc2ccccc2F)C(=O)C2CCCC2)C(O)C2Oc3ccccc3C12. The summed E-state index contributed by atoms with van der Waals surface area (Å²) in [5.41, 5.74) is 1.49. The summed E-state index contributed by atoms with van der Waals surface area (Å²) in [6.45, 7) is -0.175. The van der Waals surface area contributed by atoms with Gasteiger partial charge in [0.1, 0.15) is 23.8 Å². The number of carbonyl (C=O) groups is 2. The van der Waals surface area contributed by atoms with Gasteiger partial charge in [0.15, 0.2) is 0 Å². The van der Waals surface area contributed by atoms with Crippen molar-refractivity contribution >= 4 is 11.8 Å². The van der Waals surface area contributed by atoms with Gasteiger partial charge >= 0.3 is 0 Å². The van der Waals surface area contributed by atoms with E-state index in [2.05, 4.69) is 5.32 Å².